The molecule has 0 fully saturated rings. The number of hydrogen-bond acceptors (Lipinski definition) is 5. The minimum Gasteiger partial charge on any atom is -0.372 e. The number of halogens is 5. The maximum Gasteiger partial charge on any atom is 0.319 e. The lowest BCUT2D eigenvalue weighted by molar-refractivity contribution is 0.0791. The normalized spacial score (nSPS) is 16.0. The van der Waals surface area contributed by atoms with Gasteiger partial charge in [-0.3, -0.25) is 19.1 Å². The first-order valence-corrected chi connectivity index (χ1v) is 18.3. The first-order valence-electron chi connectivity index (χ1n) is 18.3. The van der Waals surface area contributed by atoms with Crippen molar-refractivity contribution in [2.24, 2.45) is 0 Å². The van der Waals surface area contributed by atoms with Gasteiger partial charge in [0.2, 0.25) is 0 Å². The Morgan fingerprint density at radius 3 is 2.05 bits per heavy atom. The maximum atomic E-state index is 15.3. The second kappa shape index (κ2) is 12.5. The number of aryl methyl sites for hydroxylation is 2. The monoisotopic (exact) mass is 743 g/mol. The topological polar surface area (TPSA) is 55.0 Å². The standard InChI is InChI=1S/C43H34F5N7/c1-52-13-3-4-25-14-27(16-33(44)40(25)52)23-5-8-30-32-22-50-34(19-39(32)55(43(47)48)38(30)17-23)36-10-7-26-15-28(20-51-41(26)53(36)2)24-6-9-29-31-21-49-12-11-35(31)54(42(45)46)37(29)18-24/h5-6,8-9,11-12,14-22,36,42-43H,3-4,7,10,13H2,1-2H3. The van der Waals surface area contributed by atoms with Gasteiger partial charge < -0.3 is 9.80 Å². The van der Waals surface area contributed by atoms with Crippen LogP contribution in [0.5, 0.6) is 0 Å². The van der Waals surface area contributed by atoms with Crippen molar-refractivity contribution >= 4 is 55.1 Å². The fraction of sp³-hybridized carbons (Fsp3) is 0.233. The van der Waals surface area contributed by atoms with Crippen molar-refractivity contribution in [2.45, 2.75) is 44.8 Å². The zero-order chi connectivity index (χ0) is 37.7. The lowest BCUT2D eigenvalue weighted by Crippen LogP contribution is -2.31. The predicted octanol–water partition coefficient (Wildman–Crippen LogP) is 10.9. The Hall–Kier alpha value is -6.04. The van der Waals surface area contributed by atoms with Crippen molar-refractivity contribution in [1.82, 2.24) is 24.1 Å². The zero-order valence-electron chi connectivity index (χ0n) is 29.9. The summed E-state index contributed by atoms with van der Waals surface area (Å²) in [6, 6.07) is 19.6. The number of fused-ring (bicyclic) bond motifs is 8. The molecule has 276 valence electrons. The van der Waals surface area contributed by atoms with E-state index in [1.165, 1.54) is 12.3 Å². The van der Waals surface area contributed by atoms with Crippen LogP contribution in [0.2, 0.25) is 0 Å². The number of rotatable bonds is 5. The summed E-state index contributed by atoms with van der Waals surface area (Å²) in [5.41, 5.74) is 7.66. The minimum atomic E-state index is -2.82. The van der Waals surface area contributed by atoms with E-state index in [1.807, 2.05) is 60.3 Å². The third-order valence-electron chi connectivity index (χ3n) is 11.6. The van der Waals surface area contributed by atoms with Crippen LogP contribution in [0.4, 0.5) is 33.5 Å². The molecule has 5 aromatic heterocycles. The Bertz CT molecular complexity index is 2840. The zero-order valence-corrected chi connectivity index (χ0v) is 29.9. The molecule has 8 aromatic rings. The summed E-state index contributed by atoms with van der Waals surface area (Å²) in [6.45, 7) is -4.75. The van der Waals surface area contributed by atoms with Gasteiger partial charge in [0.05, 0.1) is 39.5 Å². The smallest absolute Gasteiger partial charge is 0.319 e. The van der Waals surface area contributed by atoms with Gasteiger partial charge in [0.25, 0.3) is 0 Å². The number of hydrogen-bond donors (Lipinski definition) is 0. The quantitative estimate of drug-likeness (QED) is 0.164. The first-order chi connectivity index (χ1) is 26.7. The average Bonchev–Trinajstić information content (AvgIpc) is 3.69. The molecule has 1 atom stereocenters. The second-order valence-electron chi connectivity index (χ2n) is 14.6. The Balaban J connectivity index is 0.990. The molecule has 0 amide bonds. The van der Waals surface area contributed by atoms with Crippen molar-refractivity contribution in [2.75, 3.05) is 30.4 Å². The van der Waals surface area contributed by atoms with Crippen LogP contribution in [0.15, 0.2) is 91.5 Å². The van der Waals surface area contributed by atoms with E-state index in [1.54, 1.807) is 42.9 Å². The van der Waals surface area contributed by atoms with E-state index in [-0.39, 0.29) is 11.9 Å². The SMILES string of the molecule is CN1CCCc2cc(-c3ccc4c5cnc(C6CCc7cc(-c8ccc9c%10cnccc%10n(C(F)F)c9c8)cnc7N6C)cc5n(C(F)F)c4c3)cc(F)c21. The van der Waals surface area contributed by atoms with Gasteiger partial charge in [0, 0.05) is 72.5 Å². The first kappa shape index (κ1) is 33.5. The third kappa shape index (κ3) is 5.17. The van der Waals surface area contributed by atoms with Crippen LogP contribution in [0.1, 0.15) is 48.8 Å². The maximum absolute atomic E-state index is 15.3. The number of aromatic nitrogens is 5. The van der Waals surface area contributed by atoms with Crippen molar-refractivity contribution in [3.05, 3.63) is 114 Å². The largest absolute Gasteiger partial charge is 0.372 e. The van der Waals surface area contributed by atoms with E-state index in [9.17, 15) is 17.6 Å². The molecule has 7 heterocycles. The lowest BCUT2D eigenvalue weighted by Gasteiger charge is -2.35. The van der Waals surface area contributed by atoms with Crippen LogP contribution in [0.25, 0.3) is 65.9 Å². The summed E-state index contributed by atoms with van der Waals surface area (Å²) in [7, 11) is 3.81. The van der Waals surface area contributed by atoms with Gasteiger partial charge in [-0.25, -0.2) is 9.37 Å². The highest BCUT2D eigenvalue weighted by Gasteiger charge is 2.29. The minimum absolute atomic E-state index is 0.224. The van der Waals surface area contributed by atoms with Crippen LogP contribution in [-0.2, 0) is 12.8 Å². The molecule has 0 saturated heterocycles. The number of benzene rings is 3. The molecular formula is C43H34F5N7. The Kier molecular flexibility index (Phi) is 7.62. The van der Waals surface area contributed by atoms with Crippen LogP contribution < -0.4 is 9.80 Å². The van der Waals surface area contributed by atoms with Crippen molar-refractivity contribution < 1.29 is 22.0 Å². The summed E-state index contributed by atoms with van der Waals surface area (Å²) in [5, 5.41) is 2.64. The average molecular weight is 744 g/mol. The van der Waals surface area contributed by atoms with Gasteiger partial charge in [0.15, 0.2) is 0 Å². The van der Waals surface area contributed by atoms with Crippen LogP contribution >= 0.6 is 0 Å². The molecule has 55 heavy (non-hydrogen) atoms. The summed E-state index contributed by atoms with van der Waals surface area (Å²) in [5.74, 6) is 0.439. The van der Waals surface area contributed by atoms with Gasteiger partial charge in [-0.1, -0.05) is 24.3 Å². The van der Waals surface area contributed by atoms with Crippen molar-refractivity contribution in [1.29, 1.82) is 0 Å². The van der Waals surface area contributed by atoms with Crippen molar-refractivity contribution in [3.8, 4) is 22.3 Å². The molecule has 0 N–H and O–H groups in total. The molecule has 10 rings (SSSR count). The van der Waals surface area contributed by atoms with E-state index in [0.29, 0.717) is 79.0 Å². The fourth-order valence-corrected chi connectivity index (χ4v) is 9.01. The van der Waals surface area contributed by atoms with E-state index in [0.717, 1.165) is 56.6 Å². The van der Waals surface area contributed by atoms with Crippen LogP contribution in [0.3, 0.4) is 0 Å². The fourth-order valence-electron chi connectivity index (χ4n) is 9.01. The van der Waals surface area contributed by atoms with Gasteiger partial charge >= 0.3 is 13.1 Å². The van der Waals surface area contributed by atoms with Gasteiger partial charge in [-0.15, -0.1) is 0 Å². The molecule has 0 aliphatic carbocycles. The predicted molar refractivity (Wildman–Crippen MR) is 207 cm³/mol. The van der Waals surface area contributed by atoms with Crippen molar-refractivity contribution in [3.63, 3.8) is 0 Å². The molecular weight excluding hydrogens is 710 g/mol. The highest BCUT2D eigenvalue weighted by Crippen LogP contribution is 2.42. The molecule has 2 aliphatic rings. The van der Waals surface area contributed by atoms with E-state index in [4.69, 9.17) is 9.97 Å². The Morgan fingerprint density at radius 2 is 1.31 bits per heavy atom. The lowest BCUT2D eigenvalue weighted by atomic mass is 9.94. The third-order valence-corrected chi connectivity index (χ3v) is 11.6. The second-order valence-corrected chi connectivity index (χ2v) is 14.6. The highest BCUT2D eigenvalue weighted by molar-refractivity contribution is 6.10. The molecule has 0 spiro atoms. The number of alkyl halides is 4. The molecule has 0 bridgehead atoms. The molecule has 7 nitrogen and oxygen atoms in total. The van der Waals surface area contributed by atoms with E-state index >= 15 is 4.39 Å². The Morgan fingerprint density at radius 1 is 0.636 bits per heavy atom. The van der Waals surface area contributed by atoms with Gasteiger partial charge in [0.1, 0.15) is 11.6 Å². The van der Waals surface area contributed by atoms with Gasteiger partial charge in [-0.05, 0) is 96.0 Å². The summed E-state index contributed by atoms with van der Waals surface area (Å²) >= 11 is 0. The summed E-state index contributed by atoms with van der Waals surface area (Å²) < 4.78 is 75.8. The molecule has 12 heteroatoms. The summed E-state index contributed by atoms with van der Waals surface area (Å²) in [4.78, 5) is 17.7. The van der Waals surface area contributed by atoms with E-state index < -0.39 is 13.1 Å². The van der Waals surface area contributed by atoms with Gasteiger partial charge in [-0.2, -0.15) is 17.6 Å². The molecule has 1 unspecified atom stereocenters. The molecule has 3 aromatic carbocycles. The molecule has 2 aliphatic heterocycles. The number of anilines is 2. The van der Waals surface area contributed by atoms with Crippen LogP contribution in [0, 0.1) is 5.82 Å². The highest BCUT2D eigenvalue weighted by atomic mass is 19.3. The van der Waals surface area contributed by atoms with Crippen LogP contribution in [-0.4, -0.2) is 44.7 Å². The number of pyridine rings is 3. The number of nitrogens with zero attached hydrogens (tertiary/aromatic N) is 7. The van der Waals surface area contributed by atoms with E-state index in [2.05, 4.69) is 4.98 Å². The summed E-state index contributed by atoms with van der Waals surface area (Å²) in [6.07, 6.45) is 9.54. The molecule has 0 radical (unpaired) electrons. The Labute approximate surface area is 312 Å². The molecule has 0 saturated carbocycles.